The molecule has 0 radical (unpaired) electrons. The molecule has 2 aromatic heterocycles. The Morgan fingerprint density at radius 2 is 1.85 bits per heavy atom. The third-order valence-electron chi connectivity index (χ3n) is 5.68. The SMILES string of the molecule is CNC(=O)Cn1cc(C(C(N)=O)N2CCN(c3nncc(-c4ccc(C)cc4)n3)CC2)cn1. The van der Waals surface area contributed by atoms with Crippen molar-refractivity contribution < 1.29 is 9.59 Å². The van der Waals surface area contributed by atoms with Gasteiger partial charge in [-0.05, 0) is 6.92 Å². The summed E-state index contributed by atoms with van der Waals surface area (Å²) in [6.45, 7) is 4.54. The lowest BCUT2D eigenvalue weighted by Crippen LogP contribution is -2.50. The molecular formula is C22H27N9O2. The second-order valence-corrected chi connectivity index (χ2v) is 7.98. The quantitative estimate of drug-likeness (QED) is 0.520. The second kappa shape index (κ2) is 9.74. The summed E-state index contributed by atoms with van der Waals surface area (Å²) in [4.78, 5) is 32.6. The number of carbonyl (C=O) groups is 2. The van der Waals surface area contributed by atoms with Crippen LogP contribution in [0.15, 0.2) is 42.9 Å². The molecule has 4 rings (SSSR count). The number of anilines is 1. The number of likely N-dealkylation sites (N-methyl/N-ethyl adjacent to an activating group) is 1. The molecule has 11 heteroatoms. The molecule has 33 heavy (non-hydrogen) atoms. The summed E-state index contributed by atoms with van der Waals surface area (Å²) < 4.78 is 1.50. The minimum absolute atomic E-state index is 0.0808. The molecular weight excluding hydrogens is 422 g/mol. The number of benzene rings is 1. The fraction of sp³-hybridized carbons (Fsp3) is 0.364. The smallest absolute Gasteiger partial charge is 0.245 e. The number of nitrogens with zero attached hydrogens (tertiary/aromatic N) is 7. The average molecular weight is 450 g/mol. The van der Waals surface area contributed by atoms with E-state index in [-0.39, 0.29) is 12.5 Å². The zero-order valence-corrected chi connectivity index (χ0v) is 18.7. The summed E-state index contributed by atoms with van der Waals surface area (Å²) in [7, 11) is 1.56. The van der Waals surface area contributed by atoms with Gasteiger partial charge in [-0.3, -0.25) is 19.2 Å². The minimum atomic E-state index is -0.622. The number of amides is 2. The van der Waals surface area contributed by atoms with E-state index < -0.39 is 11.9 Å². The first-order chi connectivity index (χ1) is 15.9. The van der Waals surface area contributed by atoms with Crippen LogP contribution in [0.1, 0.15) is 17.2 Å². The number of piperazine rings is 1. The Kier molecular flexibility index (Phi) is 6.59. The number of nitrogens with one attached hydrogen (secondary N) is 1. The van der Waals surface area contributed by atoms with Crippen LogP contribution in [-0.4, -0.2) is 74.9 Å². The summed E-state index contributed by atoms with van der Waals surface area (Å²) in [5, 5.41) is 15.1. The van der Waals surface area contributed by atoms with Crippen LogP contribution in [-0.2, 0) is 16.1 Å². The number of hydrogen-bond acceptors (Lipinski definition) is 8. The van der Waals surface area contributed by atoms with E-state index in [2.05, 4.69) is 25.6 Å². The van der Waals surface area contributed by atoms with Crippen molar-refractivity contribution in [2.75, 3.05) is 38.1 Å². The van der Waals surface area contributed by atoms with E-state index in [0.717, 1.165) is 11.3 Å². The highest BCUT2D eigenvalue weighted by atomic mass is 16.2. The van der Waals surface area contributed by atoms with Crippen molar-refractivity contribution in [3.63, 3.8) is 0 Å². The maximum Gasteiger partial charge on any atom is 0.245 e. The standard InChI is InChI=1S/C22H27N9O2/c1-15-3-5-16(6-4-15)18-12-25-28-22(27-18)30-9-7-29(8-10-30)20(21(23)33)17-11-26-31(13-17)14-19(32)24-2/h3-6,11-13,20H,7-10,14H2,1-2H3,(H2,23,33)(H,24,32). The van der Waals surface area contributed by atoms with Gasteiger partial charge in [0, 0.05) is 50.6 Å². The van der Waals surface area contributed by atoms with Gasteiger partial charge in [-0.1, -0.05) is 29.8 Å². The number of aromatic nitrogens is 5. The first-order valence-electron chi connectivity index (χ1n) is 10.7. The van der Waals surface area contributed by atoms with Crippen LogP contribution in [0.25, 0.3) is 11.3 Å². The lowest BCUT2D eigenvalue weighted by atomic mass is 10.1. The Hall–Kier alpha value is -3.86. The molecule has 3 aromatic rings. The van der Waals surface area contributed by atoms with E-state index in [0.29, 0.717) is 37.7 Å². The lowest BCUT2D eigenvalue weighted by molar-refractivity contribution is -0.123. The van der Waals surface area contributed by atoms with Crippen LogP contribution in [0.3, 0.4) is 0 Å². The van der Waals surface area contributed by atoms with Crippen molar-refractivity contribution >= 4 is 17.8 Å². The number of primary amides is 1. The third-order valence-corrected chi connectivity index (χ3v) is 5.68. The van der Waals surface area contributed by atoms with Gasteiger partial charge >= 0.3 is 0 Å². The fourth-order valence-corrected chi connectivity index (χ4v) is 3.86. The summed E-state index contributed by atoms with van der Waals surface area (Å²) in [6.07, 6.45) is 4.93. The van der Waals surface area contributed by atoms with E-state index in [4.69, 9.17) is 5.73 Å². The van der Waals surface area contributed by atoms with Gasteiger partial charge < -0.3 is 16.0 Å². The molecule has 1 aliphatic rings. The molecule has 1 atom stereocenters. The van der Waals surface area contributed by atoms with Gasteiger partial charge in [0.15, 0.2) is 0 Å². The molecule has 3 N–H and O–H groups in total. The minimum Gasteiger partial charge on any atom is -0.368 e. The van der Waals surface area contributed by atoms with Crippen LogP contribution in [0.5, 0.6) is 0 Å². The Labute approximate surface area is 191 Å². The molecule has 11 nitrogen and oxygen atoms in total. The predicted molar refractivity (Wildman–Crippen MR) is 122 cm³/mol. The average Bonchev–Trinajstić information content (AvgIpc) is 3.27. The molecule has 172 valence electrons. The van der Waals surface area contributed by atoms with Crippen LogP contribution in [0.2, 0.25) is 0 Å². The molecule has 0 aliphatic carbocycles. The maximum atomic E-state index is 12.3. The summed E-state index contributed by atoms with van der Waals surface area (Å²) in [5.41, 5.74) is 9.33. The second-order valence-electron chi connectivity index (χ2n) is 7.98. The number of hydrogen-bond donors (Lipinski definition) is 2. The fourth-order valence-electron chi connectivity index (χ4n) is 3.86. The molecule has 1 unspecified atom stereocenters. The van der Waals surface area contributed by atoms with E-state index in [1.54, 1.807) is 25.6 Å². The summed E-state index contributed by atoms with van der Waals surface area (Å²) in [5.74, 6) is -0.0701. The van der Waals surface area contributed by atoms with Crippen LogP contribution in [0.4, 0.5) is 5.95 Å². The van der Waals surface area contributed by atoms with Crippen molar-refractivity contribution in [1.29, 1.82) is 0 Å². The molecule has 3 heterocycles. The van der Waals surface area contributed by atoms with E-state index in [9.17, 15) is 9.59 Å². The Bertz CT molecular complexity index is 1120. The van der Waals surface area contributed by atoms with Crippen molar-refractivity contribution in [2.24, 2.45) is 5.73 Å². The van der Waals surface area contributed by atoms with E-state index >= 15 is 0 Å². The van der Waals surface area contributed by atoms with Crippen molar-refractivity contribution in [2.45, 2.75) is 19.5 Å². The number of nitrogens with two attached hydrogens (primary N) is 1. The Morgan fingerprint density at radius 3 is 2.52 bits per heavy atom. The summed E-state index contributed by atoms with van der Waals surface area (Å²) >= 11 is 0. The van der Waals surface area contributed by atoms with Crippen molar-refractivity contribution in [3.8, 4) is 11.3 Å². The van der Waals surface area contributed by atoms with Crippen LogP contribution in [0, 0.1) is 6.92 Å². The topological polar surface area (TPSA) is 135 Å². The molecule has 0 bridgehead atoms. The summed E-state index contributed by atoms with van der Waals surface area (Å²) in [6, 6.07) is 7.49. The largest absolute Gasteiger partial charge is 0.368 e. The number of rotatable bonds is 7. The van der Waals surface area contributed by atoms with Gasteiger partial charge in [0.2, 0.25) is 17.8 Å². The van der Waals surface area contributed by atoms with Gasteiger partial charge in [-0.2, -0.15) is 10.2 Å². The molecule has 2 amide bonds. The maximum absolute atomic E-state index is 12.3. The number of carbonyl (C=O) groups excluding carboxylic acids is 2. The van der Waals surface area contributed by atoms with Gasteiger partial charge in [-0.25, -0.2) is 4.98 Å². The van der Waals surface area contributed by atoms with Gasteiger partial charge in [0.1, 0.15) is 12.6 Å². The van der Waals surface area contributed by atoms with Crippen LogP contribution >= 0.6 is 0 Å². The highest BCUT2D eigenvalue weighted by molar-refractivity contribution is 5.81. The Morgan fingerprint density at radius 1 is 1.12 bits per heavy atom. The number of aryl methyl sites for hydroxylation is 1. The van der Waals surface area contributed by atoms with Crippen molar-refractivity contribution in [1.82, 2.24) is 35.2 Å². The zero-order valence-electron chi connectivity index (χ0n) is 18.7. The molecule has 1 aromatic carbocycles. The molecule has 0 saturated carbocycles. The Balaban J connectivity index is 1.44. The predicted octanol–water partition coefficient (Wildman–Crippen LogP) is 0.138. The van der Waals surface area contributed by atoms with Gasteiger partial charge in [0.05, 0.1) is 18.1 Å². The van der Waals surface area contributed by atoms with E-state index in [1.165, 1.54) is 10.2 Å². The third kappa shape index (κ3) is 5.14. The van der Waals surface area contributed by atoms with Crippen LogP contribution < -0.4 is 16.0 Å². The molecule has 0 spiro atoms. The monoisotopic (exact) mass is 449 g/mol. The molecule has 1 aliphatic heterocycles. The van der Waals surface area contributed by atoms with Gasteiger partial charge in [-0.15, -0.1) is 5.10 Å². The highest BCUT2D eigenvalue weighted by Crippen LogP contribution is 2.24. The van der Waals surface area contributed by atoms with Crippen molar-refractivity contribution in [3.05, 3.63) is 54.0 Å². The zero-order chi connectivity index (χ0) is 23.4. The first kappa shape index (κ1) is 22.3. The van der Waals surface area contributed by atoms with Gasteiger partial charge in [0.25, 0.3) is 0 Å². The first-order valence-corrected chi connectivity index (χ1v) is 10.7. The normalized spacial score (nSPS) is 15.3. The highest BCUT2D eigenvalue weighted by Gasteiger charge is 2.31. The lowest BCUT2D eigenvalue weighted by Gasteiger charge is -2.37. The molecule has 1 fully saturated rings. The molecule has 1 saturated heterocycles. The van der Waals surface area contributed by atoms with E-state index in [1.807, 2.05) is 41.0 Å².